The first-order valence-electron chi connectivity index (χ1n) is 5.38. The summed E-state index contributed by atoms with van der Waals surface area (Å²) < 4.78 is 0. The van der Waals surface area contributed by atoms with Gasteiger partial charge in [-0.3, -0.25) is 0 Å². The maximum Gasteiger partial charge on any atom is 0.171 e. The zero-order valence-electron chi connectivity index (χ0n) is 8.90. The molecule has 1 aromatic carbocycles. The van der Waals surface area contributed by atoms with Gasteiger partial charge in [0.1, 0.15) is 6.61 Å². The van der Waals surface area contributed by atoms with E-state index in [-0.39, 0.29) is 6.61 Å². The van der Waals surface area contributed by atoms with Gasteiger partial charge in [-0.1, -0.05) is 13.0 Å². The van der Waals surface area contributed by atoms with E-state index in [4.69, 9.17) is 14.9 Å². The van der Waals surface area contributed by atoms with E-state index in [1.165, 1.54) is 5.56 Å². The van der Waals surface area contributed by atoms with Crippen molar-refractivity contribution in [3.05, 3.63) is 29.3 Å². The number of fused-ring (bicyclic) bond motifs is 1. The molecule has 0 amide bonds. The number of rotatable bonds is 4. The van der Waals surface area contributed by atoms with E-state index in [0.29, 0.717) is 12.5 Å². The molecule has 0 radical (unpaired) electrons. The average Bonchev–Trinajstić information content (AvgIpc) is 2.72. The van der Waals surface area contributed by atoms with Crippen molar-refractivity contribution in [3.63, 3.8) is 0 Å². The summed E-state index contributed by atoms with van der Waals surface area (Å²) in [7, 11) is 0. The first kappa shape index (κ1) is 10.5. The minimum absolute atomic E-state index is 0.239. The van der Waals surface area contributed by atoms with Crippen molar-refractivity contribution in [1.29, 1.82) is 0 Å². The molecule has 0 bridgehead atoms. The van der Waals surface area contributed by atoms with Gasteiger partial charge in [0.2, 0.25) is 0 Å². The minimum atomic E-state index is 0.239. The van der Waals surface area contributed by atoms with Gasteiger partial charge in [-0.25, -0.2) is 0 Å². The smallest absolute Gasteiger partial charge is 0.171 e. The summed E-state index contributed by atoms with van der Waals surface area (Å²) in [6.07, 6.45) is 1.86. The standard InChI is InChI=1S/C12H16O3/c1-2-9(5-6-13)10-3-4-12-11(7-10)8-14-15-12/h3-4,7,9,13H,2,5-6,8H2,1H3. The van der Waals surface area contributed by atoms with Gasteiger partial charge in [0.25, 0.3) is 0 Å². The summed E-state index contributed by atoms with van der Waals surface area (Å²) in [5, 5.41) is 8.97. The Bertz CT molecular complexity index is 336. The molecule has 0 saturated carbocycles. The third-order valence-corrected chi connectivity index (χ3v) is 2.89. The van der Waals surface area contributed by atoms with E-state index in [2.05, 4.69) is 19.1 Å². The molecular weight excluding hydrogens is 192 g/mol. The monoisotopic (exact) mass is 208 g/mol. The predicted molar refractivity (Wildman–Crippen MR) is 56.6 cm³/mol. The first-order valence-corrected chi connectivity index (χ1v) is 5.38. The third-order valence-electron chi connectivity index (χ3n) is 2.89. The quantitative estimate of drug-likeness (QED) is 0.772. The van der Waals surface area contributed by atoms with Gasteiger partial charge >= 0.3 is 0 Å². The van der Waals surface area contributed by atoms with Gasteiger partial charge < -0.3 is 9.99 Å². The average molecular weight is 208 g/mol. The van der Waals surface area contributed by atoms with Crippen molar-refractivity contribution in [1.82, 2.24) is 0 Å². The van der Waals surface area contributed by atoms with E-state index in [9.17, 15) is 0 Å². The van der Waals surface area contributed by atoms with Gasteiger partial charge in [-0.2, -0.15) is 4.89 Å². The van der Waals surface area contributed by atoms with Crippen LogP contribution >= 0.6 is 0 Å². The molecule has 1 N–H and O–H groups in total. The largest absolute Gasteiger partial charge is 0.396 e. The number of hydrogen-bond donors (Lipinski definition) is 1. The summed E-state index contributed by atoms with van der Waals surface area (Å²) in [5.41, 5.74) is 2.36. The van der Waals surface area contributed by atoms with Crippen LogP contribution in [-0.4, -0.2) is 11.7 Å². The molecule has 3 nitrogen and oxygen atoms in total. The van der Waals surface area contributed by atoms with Crippen molar-refractivity contribution >= 4 is 0 Å². The minimum Gasteiger partial charge on any atom is -0.396 e. The van der Waals surface area contributed by atoms with Gasteiger partial charge in [0, 0.05) is 12.2 Å². The second kappa shape index (κ2) is 4.64. The number of aliphatic hydroxyl groups excluding tert-OH is 1. The van der Waals surface area contributed by atoms with Gasteiger partial charge in [-0.05, 0) is 36.5 Å². The Balaban J connectivity index is 2.20. The molecule has 3 heteroatoms. The van der Waals surface area contributed by atoms with Crippen LogP contribution in [0.15, 0.2) is 18.2 Å². The molecule has 15 heavy (non-hydrogen) atoms. The maximum atomic E-state index is 8.97. The van der Waals surface area contributed by atoms with Crippen molar-refractivity contribution in [2.75, 3.05) is 6.61 Å². The van der Waals surface area contributed by atoms with E-state index < -0.39 is 0 Å². The molecule has 1 aromatic rings. The molecule has 0 saturated heterocycles. The Labute approximate surface area is 89.6 Å². The fraction of sp³-hybridized carbons (Fsp3) is 0.500. The molecule has 1 aliphatic heterocycles. The van der Waals surface area contributed by atoms with Crippen LogP contribution in [0.5, 0.6) is 5.75 Å². The Morgan fingerprint density at radius 1 is 1.47 bits per heavy atom. The number of hydrogen-bond acceptors (Lipinski definition) is 3. The summed E-state index contributed by atoms with van der Waals surface area (Å²) in [5.74, 6) is 1.25. The highest BCUT2D eigenvalue weighted by Crippen LogP contribution is 2.31. The molecule has 0 fully saturated rings. The second-order valence-electron chi connectivity index (χ2n) is 3.83. The topological polar surface area (TPSA) is 38.7 Å². The van der Waals surface area contributed by atoms with Crippen LogP contribution < -0.4 is 4.89 Å². The Morgan fingerprint density at radius 3 is 3.07 bits per heavy atom. The fourth-order valence-electron chi connectivity index (χ4n) is 1.97. The van der Waals surface area contributed by atoms with E-state index >= 15 is 0 Å². The highest BCUT2D eigenvalue weighted by molar-refractivity contribution is 5.39. The lowest BCUT2D eigenvalue weighted by Gasteiger charge is -2.14. The molecule has 82 valence electrons. The summed E-state index contributed by atoms with van der Waals surface area (Å²) in [6.45, 7) is 2.90. The number of aliphatic hydroxyl groups is 1. The molecule has 2 rings (SSSR count). The van der Waals surface area contributed by atoms with Crippen LogP contribution in [0.1, 0.15) is 36.8 Å². The molecule has 0 aromatic heterocycles. The fourth-order valence-corrected chi connectivity index (χ4v) is 1.97. The van der Waals surface area contributed by atoms with Crippen LogP contribution in [0.25, 0.3) is 0 Å². The van der Waals surface area contributed by atoms with Crippen LogP contribution in [0.3, 0.4) is 0 Å². The molecule has 1 heterocycles. The van der Waals surface area contributed by atoms with Gasteiger partial charge in [-0.15, -0.1) is 0 Å². The lowest BCUT2D eigenvalue weighted by atomic mass is 9.92. The van der Waals surface area contributed by atoms with Gasteiger partial charge in [0.15, 0.2) is 5.75 Å². The normalized spacial score (nSPS) is 15.9. The first-order chi connectivity index (χ1) is 7.35. The lowest BCUT2D eigenvalue weighted by Crippen LogP contribution is -2.00. The molecule has 0 aliphatic carbocycles. The lowest BCUT2D eigenvalue weighted by molar-refractivity contribution is -0.194. The number of benzene rings is 1. The highest BCUT2D eigenvalue weighted by atomic mass is 17.2. The molecule has 0 spiro atoms. The molecule has 1 atom stereocenters. The summed E-state index contributed by atoms with van der Waals surface area (Å²) in [4.78, 5) is 9.87. The second-order valence-corrected chi connectivity index (χ2v) is 3.83. The summed E-state index contributed by atoms with van der Waals surface area (Å²) >= 11 is 0. The highest BCUT2D eigenvalue weighted by Gasteiger charge is 2.16. The van der Waals surface area contributed by atoms with Gasteiger partial charge in [0.05, 0.1) is 0 Å². The maximum absolute atomic E-state index is 8.97. The Morgan fingerprint density at radius 2 is 2.33 bits per heavy atom. The zero-order chi connectivity index (χ0) is 10.7. The van der Waals surface area contributed by atoms with Crippen molar-refractivity contribution in [3.8, 4) is 5.75 Å². The van der Waals surface area contributed by atoms with Crippen molar-refractivity contribution < 1.29 is 14.9 Å². The molecular formula is C12H16O3. The van der Waals surface area contributed by atoms with Crippen LogP contribution in [0.2, 0.25) is 0 Å². The van der Waals surface area contributed by atoms with Crippen LogP contribution in [0, 0.1) is 0 Å². The van der Waals surface area contributed by atoms with Crippen molar-refractivity contribution in [2.24, 2.45) is 0 Å². The third kappa shape index (κ3) is 2.13. The van der Waals surface area contributed by atoms with E-state index in [1.807, 2.05) is 6.07 Å². The van der Waals surface area contributed by atoms with Crippen LogP contribution in [-0.2, 0) is 11.5 Å². The summed E-state index contributed by atoms with van der Waals surface area (Å²) in [6, 6.07) is 6.11. The Hall–Kier alpha value is -1.06. The van der Waals surface area contributed by atoms with Crippen LogP contribution in [0.4, 0.5) is 0 Å². The SMILES string of the molecule is CCC(CCO)c1ccc2c(c1)COO2. The van der Waals surface area contributed by atoms with Crippen molar-refractivity contribution in [2.45, 2.75) is 32.3 Å². The molecule has 1 aliphatic rings. The predicted octanol–water partition coefficient (Wildman–Crippen LogP) is 2.39. The zero-order valence-corrected chi connectivity index (χ0v) is 8.90. The molecule has 1 unspecified atom stereocenters. The van der Waals surface area contributed by atoms with E-state index in [1.54, 1.807) is 0 Å². The van der Waals surface area contributed by atoms with E-state index in [0.717, 1.165) is 24.2 Å². The Kier molecular flexibility index (Phi) is 3.23.